The summed E-state index contributed by atoms with van der Waals surface area (Å²) < 4.78 is 0. The van der Waals surface area contributed by atoms with Gasteiger partial charge < -0.3 is 4.90 Å². The lowest BCUT2D eigenvalue weighted by Crippen LogP contribution is -2.32. The van der Waals surface area contributed by atoms with Crippen molar-refractivity contribution in [2.75, 3.05) is 0 Å². The van der Waals surface area contributed by atoms with Gasteiger partial charge in [0.2, 0.25) is 0 Å². The largest absolute Gasteiger partial charge is 0.330 e. The van der Waals surface area contributed by atoms with E-state index in [-0.39, 0.29) is 5.91 Å². The summed E-state index contributed by atoms with van der Waals surface area (Å²) >= 11 is 7.41. The van der Waals surface area contributed by atoms with E-state index in [0.29, 0.717) is 23.3 Å². The molecule has 1 saturated carbocycles. The Morgan fingerprint density at radius 2 is 2.10 bits per heavy atom. The molecule has 0 aliphatic heterocycles. The summed E-state index contributed by atoms with van der Waals surface area (Å²) in [5.41, 5.74) is 1.66. The van der Waals surface area contributed by atoms with Crippen molar-refractivity contribution >= 4 is 28.8 Å². The van der Waals surface area contributed by atoms with Crippen LogP contribution in [0.25, 0.3) is 0 Å². The van der Waals surface area contributed by atoms with Gasteiger partial charge in [0.15, 0.2) is 0 Å². The molecule has 1 aromatic carbocycles. The molecular weight excluding hydrogens is 292 g/mol. The van der Waals surface area contributed by atoms with E-state index >= 15 is 0 Å². The average molecular weight is 307 g/mol. The summed E-state index contributed by atoms with van der Waals surface area (Å²) in [4.78, 5) is 18.8. The van der Waals surface area contributed by atoms with Gasteiger partial charge in [-0.25, -0.2) is 4.98 Å². The van der Waals surface area contributed by atoms with Gasteiger partial charge in [-0.3, -0.25) is 4.79 Å². The molecule has 0 atom stereocenters. The van der Waals surface area contributed by atoms with E-state index in [4.69, 9.17) is 11.6 Å². The first-order valence-electron chi connectivity index (χ1n) is 6.61. The summed E-state index contributed by atoms with van der Waals surface area (Å²) in [6.07, 6.45) is 2.17. The third-order valence-corrected chi connectivity index (χ3v) is 4.38. The molecule has 0 saturated heterocycles. The smallest absolute Gasteiger partial charge is 0.273 e. The first-order valence-corrected chi connectivity index (χ1v) is 7.87. The molecule has 0 radical (unpaired) electrons. The van der Waals surface area contributed by atoms with Gasteiger partial charge in [0.1, 0.15) is 5.69 Å². The van der Waals surface area contributed by atoms with Crippen molar-refractivity contribution in [3.63, 3.8) is 0 Å². The summed E-state index contributed by atoms with van der Waals surface area (Å²) in [5.74, 6) is 0.0341. The Morgan fingerprint density at radius 1 is 1.40 bits per heavy atom. The molecule has 104 valence electrons. The maximum Gasteiger partial charge on any atom is 0.273 e. The molecule has 0 bridgehead atoms. The highest BCUT2D eigenvalue weighted by atomic mass is 35.5. The van der Waals surface area contributed by atoms with Crippen LogP contribution in [0, 0.1) is 6.92 Å². The van der Waals surface area contributed by atoms with Crippen molar-refractivity contribution in [3.05, 3.63) is 50.9 Å². The fourth-order valence-corrected chi connectivity index (χ4v) is 2.86. The minimum atomic E-state index is 0.0341. The number of amides is 1. The maximum atomic E-state index is 12.6. The van der Waals surface area contributed by atoms with E-state index in [1.165, 1.54) is 11.3 Å². The van der Waals surface area contributed by atoms with Crippen molar-refractivity contribution < 1.29 is 4.79 Å². The number of carbonyl (C=O) groups excluding carboxylic acids is 1. The number of aromatic nitrogens is 1. The highest BCUT2D eigenvalue weighted by molar-refractivity contribution is 7.09. The Balaban J connectivity index is 1.79. The van der Waals surface area contributed by atoms with Crippen molar-refractivity contribution in [3.8, 4) is 0 Å². The Labute approximate surface area is 127 Å². The third-order valence-electron chi connectivity index (χ3n) is 3.35. The van der Waals surface area contributed by atoms with Crippen molar-refractivity contribution in [1.82, 2.24) is 9.88 Å². The predicted molar refractivity (Wildman–Crippen MR) is 81.2 cm³/mol. The zero-order valence-electron chi connectivity index (χ0n) is 11.2. The number of benzene rings is 1. The molecular formula is C15H15ClN2OS. The van der Waals surface area contributed by atoms with Crippen LogP contribution in [0.4, 0.5) is 0 Å². The second-order valence-corrected chi connectivity index (χ2v) is 6.54. The Hall–Kier alpha value is -1.39. The second kappa shape index (κ2) is 5.54. The molecule has 3 nitrogen and oxygen atoms in total. The summed E-state index contributed by atoms with van der Waals surface area (Å²) in [6.45, 7) is 2.54. The van der Waals surface area contributed by atoms with Gasteiger partial charge in [-0.15, -0.1) is 11.3 Å². The molecule has 1 aromatic heterocycles. The van der Waals surface area contributed by atoms with Crippen molar-refractivity contribution in [2.45, 2.75) is 32.4 Å². The first kappa shape index (κ1) is 13.6. The van der Waals surface area contributed by atoms with Crippen LogP contribution in [0.3, 0.4) is 0 Å². The highest BCUT2D eigenvalue weighted by Crippen LogP contribution is 2.30. The number of halogens is 1. The molecule has 0 spiro atoms. The maximum absolute atomic E-state index is 12.6. The summed E-state index contributed by atoms with van der Waals surface area (Å²) in [6, 6.07) is 8.02. The van der Waals surface area contributed by atoms with E-state index in [9.17, 15) is 4.79 Å². The SMILES string of the molecule is Cc1nc(C(=O)N(Cc2ccc(Cl)cc2)C2CC2)cs1. The number of nitrogens with zero attached hydrogens (tertiary/aromatic N) is 2. The lowest BCUT2D eigenvalue weighted by atomic mass is 10.2. The van der Waals surface area contributed by atoms with E-state index < -0.39 is 0 Å². The first-order chi connectivity index (χ1) is 9.63. The van der Waals surface area contributed by atoms with Gasteiger partial charge in [-0.05, 0) is 37.5 Å². The lowest BCUT2D eigenvalue weighted by Gasteiger charge is -2.21. The topological polar surface area (TPSA) is 33.2 Å². The van der Waals surface area contributed by atoms with Gasteiger partial charge in [0, 0.05) is 23.0 Å². The van der Waals surface area contributed by atoms with Crippen molar-refractivity contribution in [1.29, 1.82) is 0 Å². The van der Waals surface area contributed by atoms with Gasteiger partial charge >= 0.3 is 0 Å². The molecule has 1 heterocycles. The fraction of sp³-hybridized carbons (Fsp3) is 0.333. The van der Waals surface area contributed by atoms with Crippen LogP contribution in [-0.4, -0.2) is 21.8 Å². The van der Waals surface area contributed by atoms with E-state index in [1.807, 2.05) is 41.5 Å². The normalized spacial score (nSPS) is 14.3. The number of rotatable bonds is 4. The van der Waals surface area contributed by atoms with Gasteiger partial charge in [-0.2, -0.15) is 0 Å². The van der Waals surface area contributed by atoms with Crippen LogP contribution >= 0.6 is 22.9 Å². The number of aryl methyl sites for hydroxylation is 1. The van der Waals surface area contributed by atoms with Crippen LogP contribution in [0.2, 0.25) is 5.02 Å². The Kier molecular flexibility index (Phi) is 3.76. The monoisotopic (exact) mass is 306 g/mol. The van der Waals surface area contributed by atoms with E-state index in [1.54, 1.807) is 0 Å². The Bertz CT molecular complexity index is 619. The zero-order chi connectivity index (χ0) is 14.1. The lowest BCUT2D eigenvalue weighted by molar-refractivity contribution is 0.0724. The second-order valence-electron chi connectivity index (χ2n) is 5.04. The number of carbonyl (C=O) groups is 1. The minimum Gasteiger partial charge on any atom is -0.330 e. The number of thiazole rings is 1. The molecule has 1 fully saturated rings. The van der Waals surface area contributed by atoms with Crippen LogP contribution < -0.4 is 0 Å². The quantitative estimate of drug-likeness (QED) is 0.858. The minimum absolute atomic E-state index is 0.0341. The van der Waals surface area contributed by atoms with Crippen LogP contribution in [0.15, 0.2) is 29.6 Å². The zero-order valence-corrected chi connectivity index (χ0v) is 12.7. The molecule has 1 aliphatic carbocycles. The van der Waals surface area contributed by atoms with E-state index in [0.717, 1.165) is 23.4 Å². The molecule has 5 heteroatoms. The van der Waals surface area contributed by atoms with Gasteiger partial charge in [-0.1, -0.05) is 23.7 Å². The highest BCUT2D eigenvalue weighted by Gasteiger charge is 2.33. The molecule has 2 aromatic rings. The van der Waals surface area contributed by atoms with Gasteiger partial charge in [0.05, 0.1) is 5.01 Å². The number of hydrogen-bond donors (Lipinski definition) is 0. The standard InChI is InChI=1S/C15H15ClN2OS/c1-10-17-14(9-20-10)15(19)18(13-6-7-13)8-11-2-4-12(16)5-3-11/h2-5,9,13H,6-8H2,1H3. The Morgan fingerprint density at radius 3 is 2.65 bits per heavy atom. The van der Waals surface area contributed by atoms with E-state index in [2.05, 4.69) is 4.98 Å². The molecule has 0 N–H and O–H groups in total. The fourth-order valence-electron chi connectivity index (χ4n) is 2.15. The molecule has 3 rings (SSSR count). The number of hydrogen-bond acceptors (Lipinski definition) is 3. The van der Waals surface area contributed by atoms with Gasteiger partial charge in [0.25, 0.3) is 5.91 Å². The predicted octanol–water partition coefficient (Wildman–Crippen LogP) is 3.91. The molecule has 1 amide bonds. The van der Waals surface area contributed by atoms with Crippen LogP contribution in [0.5, 0.6) is 0 Å². The molecule has 20 heavy (non-hydrogen) atoms. The molecule has 1 aliphatic rings. The van der Waals surface area contributed by atoms with Crippen molar-refractivity contribution in [2.24, 2.45) is 0 Å². The van der Waals surface area contributed by atoms with Crippen LogP contribution in [0.1, 0.15) is 33.9 Å². The summed E-state index contributed by atoms with van der Waals surface area (Å²) in [5, 5.41) is 3.48. The summed E-state index contributed by atoms with van der Waals surface area (Å²) in [7, 11) is 0. The van der Waals surface area contributed by atoms with Crippen LogP contribution in [-0.2, 0) is 6.54 Å². The molecule has 0 unspecified atom stereocenters. The average Bonchev–Trinajstić information content (AvgIpc) is 3.19. The third kappa shape index (κ3) is 3.02.